The molecular formula is C13H12O5. The minimum Gasteiger partial charge on any atom is -0.481 e. The highest BCUT2D eigenvalue weighted by Gasteiger charge is 2.45. The van der Waals surface area contributed by atoms with Gasteiger partial charge < -0.3 is 9.84 Å². The smallest absolute Gasteiger partial charge is 0.322 e. The molecule has 0 unspecified atom stereocenters. The van der Waals surface area contributed by atoms with E-state index >= 15 is 0 Å². The first kappa shape index (κ1) is 12.3. The van der Waals surface area contributed by atoms with Gasteiger partial charge in [-0.3, -0.25) is 14.4 Å². The Morgan fingerprint density at radius 2 is 1.89 bits per heavy atom. The number of para-hydroxylation sites is 1. The van der Waals surface area contributed by atoms with Crippen LogP contribution in [-0.2, 0) is 14.4 Å². The van der Waals surface area contributed by atoms with Crippen molar-refractivity contribution in [2.45, 2.75) is 12.8 Å². The van der Waals surface area contributed by atoms with Crippen LogP contribution in [0.15, 0.2) is 30.3 Å². The first-order valence-electron chi connectivity index (χ1n) is 5.62. The summed E-state index contributed by atoms with van der Waals surface area (Å²) in [7, 11) is 0. The number of hydrogen-bond donors (Lipinski definition) is 1. The van der Waals surface area contributed by atoms with Crippen LogP contribution >= 0.6 is 0 Å². The summed E-state index contributed by atoms with van der Waals surface area (Å²) in [6.45, 7) is 0. The Morgan fingerprint density at radius 3 is 2.50 bits per heavy atom. The number of carbonyl (C=O) groups is 3. The summed E-state index contributed by atoms with van der Waals surface area (Å²) in [5.74, 6) is -4.10. The van der Waals surface area contributed by atoms with Crippen molar-refractivity contribution in [1.82, 2.24) is 0 Å². The lowest BCUT2D eigenvalue weighted by Crippen LogP contribution is -2.32. The number of aliphatic carboxylic acids is 1. The average molecular weight is 248 g/mol. The Hall–Kier alpha value is -2.17. The minimum atomic E-state index is -1.18. The number of hydrogen-bond acceptors (Lipinski definition) is 4. The zero-order chi connectivity index (χ0) is 13.1. The van der Waals surface area contributed by atoms with Gasteiger partial charge in [-0.1, -0.05) is 18.2 Å². The molecule has 0 aliphatic heterocycles. The van der Waals surface area contributed by atoms with Crippen molar-refractivity contribution < 1.29 is 24.2 Å². The maximum absolute atomic E-state index is 11.8. The van der Waals surface area contributed by atoms with Crippen LogP contribution in [0.5, 0.6) is 5.75 Å². The highest BCUT2D eigenvalue weighted by molar-refractivity contribution is 6.05. The Balaban J connectivity index is 2.12. The van der Waals surface area contributed by atoms with Crippen LogP contribution in [0, 0.1) is 11.8 Å². The molecule has 0 heterocycles. The van der Waals surface area contributed by atoms with Gasteiger partial charge in [0.15, 0.2) is 0 Å². The lowest BCUT2D eigenvalue weighted by molar-refractivity contribution is -0.153. The summed E-state index contributed by atoms with van der Waals surface area (Å²) in [6, 6.07) is 8.29. The van der Waals surface area contributed by atoms with Gasteiger partial charge in [-0.25, -0.2) is 0 Å². The predicted molar refractivity (Wildman–Crippen MR) is 60.9 cm³/mol. The van der Waals surface area contributed by atoms with E-state index in [2.05, 4.69) is 0 Å². The van der Waals surface area contributed by atoms with Gasteiger partial charge in [-0.15, -0.1) is 0 Å². The van der Waals surface area contributed by atoms with Crippen LogP contribution in [0.25, 0.3) is 0 Å². The summed E-state index contributed by atoms with van der Waals surface area (Å²) in [6.07, 6.45) is 0.314. The summed E-state index contributed by atoms with van der Waals surface area (Å²) >= 11 is 0. The third-order valence-electron chi connectivity index (χ3n) is 2.98. The van der Waals surface area contributed by atoms with Crippen LogP contribution in [0.4, 0.5) is 0 Å². The van der Waals surface area contributed by atoms with E-state index in [4.69, 9.17) is 9.84 Å². The summed E-state index contributed by atoms with van der Waals surface area (Å²) in [5, 5.41) is 8.96. The Bertz CT molecular complexity index is 479. The third-order valence-corrected chi connectivity index (χ3v) is 2.98. The lowest BCUT2D eigenvalue weighted by Gasteiger charge is -2.13. The molecule has 1 aromatic rings. The third kappa shape index (κ3) is 2.40. The van der Waals surface area contributed by atoms with Gasteiger partial charge in [0, 0.05) is 6.42 Å². The van der Waals surface area contributed by atoms with E-state index in [1.165, 1.54) is 0 Å². The molecule has 1 fully saturated rings. The molecule has 2 atom stereocenters. The van der Waals surface area contributed by atoms with E-state index in [1.807, 2.05) is 0 Å². The molecule has 18 heavy (non-hydrogen) atoms. The SMILES string of the molecule is O=C1CC[C@H](C(=O)O)[C@H]1C(=O)Oc1ccccc1. The molecule has 0 saturated heterocycles. The van der Waals surface area contributed by atoms with Gasteiger partial charge in [0.05, 0.1) is 5.92 Å². The monoisotopic (exact) mass is 248 g/mol. The molecule has 2 rings (SSSR count). The van der Waals surface area contributed by atoms with E-state index in [1.54, 1.807) is 30.3 Å². The summed E-state index contributed by atoms with van der Waals surface area (Å²) in [5.41, 5.74) is 0. The van der Waals surface area contributed by atoms with E-state index in [0.29, 0.717) is 5.75 Å². The van der Waals surface area contributed by atoms with Crippen molar-refractivity contribution >= 4 is 17.7 Å². The highest BCUT2D eigenvalue weighted by Crippen LogP contribution is 2.30. The number of ketones is 1. The molecule has 1 aliphatic rings. The standard InChI is InChI=1S/C13H12O5/c14-10-7-6-9(12(15)16)11(10)13(17)18-8-4-2-1-3-5-8/h1-5,9,11H,6-7H2,(H,15,16)/t9-,11+/m0/s1. The quantitative estimate of drug-likeness (QED) is 0.495. The summed E-state index contributed by atoms with van der Waals surface area (Å²) in [4.78, 5) is 34.3. The molecule has 1 aromatic carbocycles. The number of carbonyl (C=O) groups excluding carboxylic acids is 2. The van der Waals surface area contributed by atoms with E-state index in [-0.39, 0.29) is 18.6 Å². The second-order valence-corrected chi connectivity index (χ2v) is 4.16. The van der Waals surface area contributed by atoms with Crippen LogP contribution < -0.4 is 4.74 Å². The molecule has 0 bridgehead atoms. The lowest BCUT2D eigenvalue weighted by atomic mass is 9.96. The zero-order valence-electron chi connectivity index (χ0n) is 9.54. The van der Waals surface area contributed by atoms with E-state index < -0.39 is 23.8 Å². The molecule has 1 saturated carbocycles. The van der Waals surface area contributed by atoms with Gasteiger partial charge in [0.25, 0.3) is 0 Å². The van der Waals surface area contributed by atoms with E-state index in [0.717, 1.165) is 0 Å². The van der Waals surface area contributed by atoms with Crippen molar-refractivity contribution in [3.05, 3.63) is 30.3 Å². The van der Waals surface area contributed by atoms with Gasteiger partial charge in [0.1, 0.15) is 17.5 Å². The van der Waals surface area contributed by atoms with Crippen LogP contribution in [-0.4, -0.2) is 22.8 Å². The van der Waals surface area contributed by atoms with Gasteiger partial charge in [0.2, 0.25) is 0 Å². The van der Waals surface area contributed by atoms with E-state index in [9.17, 15) is 14.4 Å². The molecule has 0 radical (unpaired) electrons. The van der Waals surface area contributed by atoms with Crippen LogP contribution in [0.1, 0.15) is 12.8 Å². The zero-order valence-corrected chi connectivity index (χ0v) is 9.54. The number of benzene rings is 1. The Morgan fingerprint density at radius 1 is 1.22 bits per heavy atom. The number of Topliss-reactive ketones (excluding diaryl/α,β-unsaturated/α-hetero) is 1. The number of carboxylic acids is 1. The molecular weight excluding hydrogens is 236 g/mol. The van der Waals surface area contributed by atoms with Crippen molar-refractivity contribution in [1.29, 1.82) is 0 Å². The molecule has 0 amide bonds. The first-order valence-corrected chi connectivity index (χ1v) is 5.62. The fourth-order valence-electron chi connectivity index (χ4n) is 2.07. The van der Waals surface area contributed by atoms with Crippen molar-refractivity contribution in [2.24, 2.45) is 11.8 Å². The topological polar surface area (TPSA) is 80.7 Å². The van der Waals surface area contributed by atoms with Gasteiger partial charge in [-0.2, -0.15) is 0 Å². The second-order valence-electron chi connectivity index (χ2n) is 4.16. The Kier molecular flexibility index (Phi) is 3.41. The second kappa shape index (κ2) is 5.00. The van der Waals surface area contributed by atoms with Crippen LogP contribution in [0.2, 0.25) is 0 Å². The largest absolute Gasteiger partial charge is 0.481 e. The normalized spacial score (nSPS) is 22.8. The molecule has 0 aromatic heterocycles. The molecule has 0 spiro atoms. The fourth-order valence-corrected chi connectivity index (χ4v) is 2.07. The number of rotatable bonds is 3. The number of esters is 1. The van der Waals surface area contributed by atoms with Gasteiger partial charge in [-0.05, 0) is 18.6 Å². The van der Waals surface area contributed by atoms with Crippen molar-refractivity contribution in [3.8, 4) is 5.75 Å². The number of ether oxygens (including phenoxy) is 1. The maximum atomic E-state index is 11.8. The Labute approximate surface area is 103 Å². The molecule has 1 N–H and O–H groups in total. The fraction of sp³-hybridized carbons (Fsp3) is 0.308. The molecule has 94 valence electrons. The maximum Gasteiger partial charge on any atom is 0.322 e. The summed E-state index contributed by atoms with van der Waals surface area (Å²) < 4.78 is 5.03. The average Bonchev–Trinajstić information content (AvgIpc) is 2.72. The minimum absolute atomic E-state index is 0.117. The predicted octanol–water partition coefficient (Wildman–Crippen LogP) is 1.27. The van der Waals surface area contributed by atoms with Gasteiger partial charge >= 0.3 is 11.9 Å². The number of carboxylic acid groups (broad SMARTS) is 1. The van der Waals surface area contributed by atoms with Crippen molar-refractivity contribution in [3.63, 3.8) is 0 Å². The van der Waals surface area contributed by atoms with Crippen LogP contribution in [0.3, 0.4) is 0 Å². The highest BCUT2D eigenvalue weighted by atomic mass is 16.5. The molecule has 1 aliphatic carbocycles. The molecule has 5 heteroatoms. The molecule has 5 nitrogen and oxygen atoms in total. The first-order chi connectivity index (χ1) is 8.59. The van der Waals surface area contributed by atoms with Crippen molar-refractivity contribution in [2.75, 3.05) is 0 Å².